The van der Waals surface area contributed by atoms with Crippen LogP contribution in [0.2, 0.25) is 0 Å². The number of ether oxygens (including phenoxy) is 2. The van der Waals surface area contributed by atoms with Crippen LogP contribution in [0.5, 0.6) is 11.5 Å². The van der Waals surface area contributed by atoms with Crippen LogP contribution in [0.25, 0.3) is 0 Å². The van der Waals surface area contributed by atoms with E-state index in [0.717, 1.165) is 48.7 Å². The number of para-hydroxylation sites is 1. The number of halogens is 1. The minimum atomic E-state index is -0.209. The highest BCUT2D eigenvalue weighted by Crippen LogP contribution is 2.41. The first-order valence-corrected chi connectivity index (χ1v) is 9.55. The first-order chi connectivity index (χ1) is 13.7. The van der Waals surface area contributed by atoms with E-state index in [-0.39, 0.29) is 11.9 Å². The molecule has 4 rings (SSSR count). The average molecular weight is 380 g/mol. The van der Waals surface area contributed by atoms with E-state index in [4.69, 9.17) is 9.47 Å². The summed E-state index contributed by atoms with van der Waals surface area (Å²) >= 11 is 0. The maximum atomic E-state index is 13.4. The molecule has 0 saturated carbocycles. The Morgan fingerprint density at radius 1 is 0.964 bits per heavy atom. The number of hydrogen-bond acceptors (Lipinski definition) is 3. The highest BCUT2D eigenvalue weighted by molar-refractivity contribution is 5.50. The predicted molar refractivity (Wildman–Crippen MR) is 107 cm³/mol. The largest absolute Gasteiger partial charge is 0.493 e. The zero-order valence-electron chi connectivity index (χ0n) is 16.3. The van der Waals surface area contributed by atoms with Crippen molar-refractivity contribution < 1.29 is 13.9 Å². The summed E-state index contributed by atoms with van der Waals surface area (Å²) in [5.74, 6) is 1.28. The SMILES string of the molecule is COc1cccc(C2c3cccn3CCCN2Cc2ccc(F)cc2)c1OC. The van der Waals surface area contributed by atoms with Gasteiger partial charge < -0.3 is 14.0 Å². The van der Waals surface area contributed by atoms with Crippen molar-refractivity contribution in [3.05, 3.63) is 83.4 Å². The van der Waals surface area contributed by atoms with Gasteiger partial charge in [0.1, 0.15) is 5.82 Å². The van der Waals surface area contributed by atoms with Gasteiger partial charge in [-0.05, 0) is 42.3 Å². The smallest absolute Gasteiger partial charge is 0.165 e. The third-order valence-electron chi connectivity index (χ3n) is 5.38. The Bertz CT molecular complexity index is 936. The summed E-state index contributed by atoms with van der Waals surface area (Å²) in [6, 6.07) is 17.1. The Morgan fingerprint density at radius 2 is 1.79 bits per heavy atom. The molecule has 2 heterocycles. The summed E-state index contributed by atoms with van der Waals surface area (Å²) in [4.78, 5) is 2.43. The average Bonchev–Trinajstić information content (AvgIpc) is 3.10. The van der Waals surface area contributed by atoms with Gasteiger partial charge in [0.05, 0.1) is 20.3 Å². The minimum absolute atomic E-state index is 0.0209. The van der Waals surface area contributed by atoms with Crippen LogP contribution in [-0.2, 0) is 13.1 Å². The van der Waals surface area contributed by atoms with Crippen molar-refractivity contribution in [2.24, 2.45) is 0 Å². The lowest BCUT2D eigenvalue weighted by atomic mass is 9.99. The van der Waals surface area contributed by atoms with Crippen molar-refractivity contribution in [2.45, 2.75) is 25.6 Å². The summed E-state index contributed by atoms with van der Waals surface area (Å²) in [6.07, 6.45) is 3.18. The molecule has 0 amide bonds. The van der Waals surface area contributed by atoms with Gasteiger partial charge in [0.15, 0.2) is 11.5 Å². The van der Waals surface area contributed by atoms with Crippen molar-refractivity contribution in [1.29, 1.82) is 0 Å². The van der Waals surface area contributed by atoms with Crippen LogP contribution in [0.4, 0.5) is 4.39 Å². The second-order valence-corrected chi connectivity index (χ2v) is 7.06. The van der Waals surface area contributed by atoms with Gasteiger partial charge in [0.25, 0.3) is 0 Å². The Hall–Kier alpha value is -2.79. The number of rotatable bonds is 5. The van der Waals surface area contributed by atoms with Crippen molar-refractivity contribution in [3.63, 3.8) is 0 Å². The molecule has 1 aliphatic heterocycles. The second-order valence-electron chi connectivity index (χ2n) is 7.06. The molecule has 1 aromatic heterocycles. The van der Waals surface area contributed by atoms with E-state index in [9.17, 15) is 4.39 Å². The number of benzene rings is 2. The summed E-state index contributed by atoms with van der Waals surface area (Å²) < 4.78 is 27.0. The van der Waals surface area contributed by atoms with Crippen LogP contribution in [-0.4, -0.2) is 30.2 Å². The fourth-order valence-electron chi connectivity index (χ4n) is 4.12. The molecule has 0 fully saturated rings. The predicted octanol–water partition coefficient (Wildman–Crippen LogP) is 4.64. The zero-order valence-corrected chi connectivity index (χ0v) is 16.3. The lowest BCUT2D eigenvalue weighted by molar-refractivity contribution is 0.215. The van der Waals surface area contributed by atoms with E-state index in [1.807, 2.05) is 24.3 Å². The summed E-state index contributed by atoms with van der Waals surface area (Å²) in [5.41, 5.74) is 3.39. The maximum Gasteiger partial charge on any atom is 0.165 e. The van der Waals surface area contributed by atoms with Crippen molar-refractivity contribution in [1.82, 2.24) is 9.47 Å². The van der Waals surface area contributed by atoms with Gasteiger partial charge in [-0.25, -0.2) is 4.39 Å². The van der Waals surface area contributed by atoms with Gasteiger partial charge in [-0.15, -0.1) is 0 Å². The number of nitrogens with zero attached hydrogens (tertiary/aromatic N) is 2. The Kier molecular flexibility index (Phi) is 5.35. The Labute approximate surface area is 165 Å². The van der Waals surface area contributed by atoms with Gasteiger partial charge in [0, 0.05) is 37.1 Å². The van der Waals surface area contributed by atoms with Crippen LogP contribution in [0.1, 0.15) is 29.3 Å². The number of fused-ring (bicyclic) bond motifs is 1. The molecule has 0 N–H and O–H groups in total. The molecule has 5 heteroatoms. The Balaban J connectivity index is 1.80. The fraction of sp³-hybridized carbons (Fsp3) is 0.304. The molecule has 4 nitrogen and oxygen atoms in total. The fourth-order valence-corrected chi connectivity index (χ4v) is 4.12. The van der Waals surface area contributed by atoms with E-state index in [0.29, 0.717) is 0 Å². The Morgan fingerprint density at radius 3 is 2.54 bits per heavy atom. The number of aryl methyl sites for hydroxylation is 1. The molecule has 1 unspecified atom stereocenters. The van der Waals surface area contributed by atoms with Gasteiger partial charge in [-0.3, -0.25) is 4.90 Å². The summed E-state index contributed by atoms with van der Waals surface area (Å²) in [5, 5.41) is 0. The molecule has 0 bridgehead atoms. The van der Waals surface area contributed by atoms with Gasteiger partial charge in [0.2, 0.25) is 0 Å². The maximum absolute atomic E-state index is 13.4. The molecule has 1 atom stereocenters. The quantitative estimate of drug-likeness (QED) is 0.645. The molecule has 0 saturated heterocycles. The first-order valence-electron chi connectivity index (χ1n) is 9.55. The molecular weight excluding hydrogens is 355 g/mol. The standard InChI is InChI=1S/C23H25FN2O2/c1-27-21-8-3-6-19(23(21)28-2)22-20-7-4-13-25(20)14-5-15-26(22)16-17-9-11-18(24)12-10-17/h3-4,6-13,22H,5,14-16H2,1-2H3. The van der Waals surface area contributed by atoms with E-state index >= 15 is 0 Å². The van der Waals surface area contributed by atoms with E-state index in [2.05, 4.69) is 33.9 Å². The monoisotopic (exact) mass is 380 g/mol. The van der Waals surface area contributed by atoms with Crippen LogP contribution in [0.15, 0.2) is 60.8 Å². The molecule has 2 aromatic carbocycles. The molecular formula is C23H25FN2O2. The van der Waals surface area contributed by atoms with Crippen molar-refractivity contribution >= 4 is 0 Å². The normalized spacial score (nSPS) is 17.0. The van der Waals surface area contributed by atoms with E-state index in [1.165, 1.54) is 17.8 Å². The van der Waals surface area contributed by atoms with Crippen LogP contribution < -0.4 is 9.47 Å². The van der Waals surface area contributed by atoms with Gasteiger partial charge in [-0.2, -0.15) is 0 Å². The topological polar surface area (TPSA) is 26.6 Å². The van der Waals surface area contributed by atoms with Crippen molar-refractivity contribution in [2.75, 3.05) is 20.8 Å². The molecule has 1 aliphatic rings. The third-order valence-corrected chi connectivity index (χ3v) is 5.38. The van der Waals surface area contributed by atoms with E-state index in [1.54, 1.807) is 14.2 Å². The van der Waals surface area contributed by atoms with Gasteiger partial charge in [-0.1, -0.05) is 24.3 Å². The summed E-state index contributed by atoms with van der Waals surface area (Å²) in [7, 11) is 3.34. The lowest BCUT2D eigenvalue weighted by Crippen LogP contribution is -2.29. The zero-order chi connectivity index (χ0) is 19.5. The minimum Gasteiger partial charge on any atom is -0.493 e. The van der Waals surface area contributed by atoms with Crippen LogP contribution in [0, 0.1) is 5.82 Å². The molecule has 0 aliphatic carbocycles. The van der Waals surface area contributed by atoms with Crippen molar-refractivity contribution in [3.8, 4) is 11.5 Å². The summed E-state index contributed by atoms with van der Waals surface area (Å²) in [6.45, 7) is 2.64. The highest BCUT2D eigenvalue weighted by atomic mass is 19.1. The molecule has 146 valence electrons. The molecule has 0 spiro atoms. The van der Waals surface area contributed by atoms with E-state index < -0.39 is 0 Å². The number of aromatic nitrogens is 1. The number of hydrogen-bond donors (Lipinski definition) is 0. The molecule has 0 radical (unpaired) electrons. The third kappa shape index (κ3) is 3.50. The number of methoxy groups -OCH3 is 2. The molecule has 3 aromatic rings. The first kappa shape index (κ1) is 18.6. The van der Waals surface area contributed by atoms with Crippen LogP contribution >= 0.6 is 0 Å². The van der Waals surface area contributed by atoms with Gasteiger partial charge >= 0.3 is 0 Å². The van der Waals surface area contributed by atoms with Crippen LogP contribution in [0.3, 0.4) is 0 Å². The lowest BCUT2D eigenvalue weighted by Gasteiger charge is -2.32. The highest BCUT2D eigenvalue weighted by Gasteiger charge is 2.30. The molecule has 28 heavy (non-hydrogen) atoms. The second kappa shape index (κ2) is 8.07.